The van der Waals surface area contributed by atoms with Crippen molar-refractivity contribution in [3.8, 4) is 0 Å². The van der Waals surface area contributed by atoms with Crippen LogP contribution in [0.4, 0.5) is 14.5 Å². The number of nitrogens with one attached hydrogen (secondary N) is 1. The summed E-state index contributed by atoms with van der Waals surface area (Å²) in [5, 5.41) is 3.58. The van der Waals surface area contributed by atoms with Crippen molar-refractivity contribution in [1.29, 1.82) is 0 Å². The third-order valence-corrected chi connectivity index (χ3v) is 3.91. The van der Waals surface area contributed by atoms with Gasteiger partial charge in [0.05, 0.1) is 12.2 Å². The van der Waals surface area contributed by atoms with Crippen LogP contribution in [0, 0.1) is 18.6 Å². The molecule has 1 aromatic carbocycles. The Labute approximate surface area is 113 Å². The van der Waals surface area contributed by atoms with Crippen LogP contribution in [-0.4, -0.2) is 13.6 Å². The standard InChI is InChI=1S/C11H11F2N3O3S/c1-6-4-7(19-16-6)5-15-20(17,18)9-3-2-8(12)11(14)10(9)13/h2-4,15H,5,14H2,1H3. The summed E-state index contributed by atoms with van der Waals surface area (Å²) in [7, 11) is -4.18. The van der Waals surface area contributed by atoms with Gasteiger partial charge in [-0.2, -0.15) is 0 Å². The zero-order chi connectivity index (χ0) is 14.9. The number of anilines is 1. The fraction of sp³-hybridized carbons (Fsp3) is 0.182. The molecule has 0 fully saturated rings. The van der Waals surface area contributed by atoms with Crippen LogP contribution >= 0.6 is 0 Å². The van der Waals surface area contributed by atoms with E-state index in [1.807, 2.05) is 0 Å². The van der Waals surface area contributed by atoms with E-state index in [0.717, 1.165) is 12.1 Å². The minimum absolute atomic E-state index is 0.208. The van der Waals surface area contributed by atoms with Crippen LogP contribution < -0.4 is 10.5 Å². The molecule has 0 atom stereocenters. The van der Waals surface area contributed by atoms with Gasteiger partial charge in [0.1, 0.15) is 16.4 Å². The van der Waals surface area contributed by atoms with Gasteiger partial charge < -0.3 is 10.3 Å². The monoisotopic (exact) mass is 303 g/mol. The predicted molar refractivity (Wildman–Crippen MR) is 66.0 cm³/mol. The topological polar surface area (TPSA) is 98.2 Å². The predicted octanol–water partition coefficient (Wildman–Crippen LogP) is 1.32. The molecule has 1 heterocycles. The van der Waals surface area contributed by atoms with Crippen LogP contribution in [0.25, 0.3) is 0 Å². The summed E-state index contributed by atoms with van der Waals surface area (Å²) in [4.78, 5) is -0.729. The van der Waals surface area contributed by atoms with Crippen LogP contribution in [0.5, 0.6) is 0 Å². The average Bonchev–Trinajstić information content (AvgIpc) is 2.79. The number of hydrogen-bond donors (Lipinski definition) is 2. The van der Waals surface area contributed by atoms with Crippen molar-refractivity contribution in [2.45, 2.75) is 18.4 Å². The van der Waals surface area contributed by atoms with E-state index in [9.17, 15) is 17.2 Å². The van der Waals surface area contributed by atoms with Crippen molar-refractivity contribution in [3.05, 3.63) is 41.3 Å². The second-order valence-corrected chi connectivity index (χ2v) is 5.77. The number of benzene rings is 1. The van der Waals surface area contributed by atoms with Crippen LogP contribution in [0.3, 0.4) is 0 Å². The number of halogens is 2. The molecule has 20 heavy (non-hydrogen) atoms. The second-order valence-electron chi connectivity index (χ2n) is 4.03. The highest BCUT2D eigenvalue weighted by molar-refractivity contribution is 7.89. The molecule has 1 aromatic heterocycles. The molecule has 3 N–H and O–H groups in total. The number of nitrogen functional groups attached to an aromatic ring is 1. The summed E-state index contributed by atoms with van der Waals surface area (Å²) >= 11 is 0. The number of aryl methyl sites for hydroxylation is 1. The van der Waals surface area contributed by atoms with Crippen molar-refractivity contribution < 1.29 is 21.7 Å². The van der Waals surface area contributed by atoms with Crippen LogP contribution in [0.1, 0.15) is 11.5 Å². The van der Waals surface area contributed by atoms with Gasteiger partial charge in [0.2, 0.25) is 10.0 Å². The molecule has 0 aliphatic rings. The lowest BCUT2D eigenvalue weighted by Crippen LogP contribution is -2.24. The number of sulfonamides is 1. The molecule has 0 bridgehead atoms. The highest BCUT2D eigenvalue weighted by Gasteiger charge is 2.22. The Morgan fingerprint density at radius 1 is 1.40 bits per heavy atom. The Bertz CT molecular complexity index is 743. The van der Waals surface area contributed by atoms with E-state index in [-0.39, 0.29) is 12.3 Å². The molecule has 108 valence electrons. The number of nitrogens with zero attached hydrogens (tertiary/aromatic N) is 1. The van der Waals surface area contributed by atoms with Gasteiger partial charge in [-0.1, -0.05) is 5.16 Å². The SMILES string of the molecule is Cc1cc(CNS(=O)(=O)c2ccc(F)c(N)c2F)on1. The minimum atomic E-state index is -4.18. The fourth-order valence-electron chi connectivity index (χ4n) is 1.50. The molecule has 0 spiro atoms. The Kier molecular flexibility index (Phi) is 3.73. The van der Waals surface area contributed by atoms with E-state index in [1.54, 1.807) is 6.92 Å². The molecule has 0 radical (unpaired) electrons. The first kappa shape index (κ1) is 14.4. The van der Waals surface area contributed by atoms with Crippen LogP contribution in [0.2, 0.25) is 0 Å². The van der Waals surface area contributed by atoms with Gasteiger partial charge in [-0.15, -0.1) is 0 Å². The van der Waals surface area contributed by atoms with Gasteiger partial charge in [-0.05, 0) is 19.1 Å². The third kappa shape index (κ3) is 2.78. The smallest absolute Gasteiger partial charge is 0.243 e. The summed E-state index contributed by atoms with van der Waals surface area (Å²) in [5.41, 5.74) is 4.86. The summed E-state index contributed by atoms with van der Waals surface area (Å²) in [6.07, 6.45) is 0. The van der Waals surface area contributed by atoms with E-state index in [4.69, 9.17) is 10.3 Å². The molecular formula is C11H11F2N3O3S. The van der Waals surface area contributed by atoms with E-state index >= 15 is 0 Å². The molecule has 0 saturated heterocycles. The highest BCUT2D eigenvalue weighted by Crippen LogP contribution is 2.22. The lowest BCUT2D eigenvalue weighted by molar-refractivity contribution is 0.377. The molecule has 6 nitrogen and oxygen atoms in total. The molecule has 0 aliphatic heterocycles. The zero-order valence-electron chi connectivity index (χ0n) is 10.4. The van der Waals surface area contributed by atoms with Gasteiger partial charge in [-0.3, -0.25) is 0 Å². The van der Waals surface area contributed by atoms with Gasteiger partial charge in [0, 0.05) is 6.07 Å². The Balaban J connectivity index is 2.25. The van der Waals surface area contributed by atoms with Crippen LogP contribution in [-0.2, 0) is 16.6 Å². The van der Waals surface area contributed by atoms with E-state index in [0.29, 0.717) is 5.69 Å². The van der Waals surface area contributed by atoms with E-state index in [1.165, 1.54) is 6.07 Å². The largest absolute Gasteiger partial charge is 0.394 e. The van der Waals surface area contributed by atoms with Crippen molar-refractivity contribution in [1.82, 2.24) is 9.88 Å². The average molecular weight is 303 g/mol. The lowest BCUT2D eigenvalue weighted by Gasteiger charge is -2.08. The number of nitrogens with two attached hydrogens (primary N) is 1. The van der Waals surface area contributed by atoms with Crippen molar-refractivity contribution >= 4 is 15.7 Å². The normalized spacial score (nSPS) is 11.8. The van der Waals surface area contributed by atoms with E-state index < -0.39 is 32.2 Å². The number of rotatable bonds is 4. The van der Waals surface area contributed by atoms with Gasteiger partial charge in [0.25, 0.3) is 0 Å². The Morgan fingerprint density at radius 2 is 2.10 bits per heavy atom. The minimum Gasteiger partial charge on any atom is -0.394 e. The molecular weight excluding hydrogens is 292 g/mol. The van der Waals surface area contributed by atoms with Gasteiger partial charge in [0.15, 0.2) is 11.6 Å². The third-order valence-electron chi connectivity index (χ3n) is 2.49. The van der Waals surface area contributed by atoms with Crippen molar-refractivity contribution in [2.24, 2.45) is 0 Å². The van der Waals surface area contributed by atoms with Gasteiger partial charge in [-0.25, -0.2) is 21.9 Å². The molecule has 2 rings (SSSR count). The maximum Gasteiger partial charge on any atom is 0.243 e. The van der Waals surface area contributed by atoms with Crippen molar-refractivity contribution in [2.75, 3.05) is 5.73 Å². The number of aromatic nitrogens is 1. The quantitative estimate of drug-likeness (QED) is 0.830. The maximum atomic E-state index is 13.7. The second kappa shape index (κ2) is 5.17. The molecule has 9 heteroatoms. The highest BCUT2D eigenvalue weighted by atomic mass is 32.2. The lowest BCUT2D eigenvalue weighted by atomic mass is 10.3. The van der Waals surface area contributed by atoms with Crippen molar-refractivity contribution in [3.63, 3.8) is 0 Å². The summed E-state index contributed by atoms with van der Waals surface area (Å²) < 4.78 is 57.4. The summed E-state index contributed by atoms with van der Waals surface area (Å²) in [5.74, 6) is -2.08. The first-order chi connectivity index (χ1) is 9.31. The molecule has 2 aromatic rings. The first-order valence-electron chi connectivity index (χ1n) is 5.46. The molecule has 0 amide bonds. The Hall–Kier alpha value is -2.00. The zero-order valence-corrected chi connectivity index (χ0v) is 11.2. The van der Waals surface area contributed by atoms with Gasteiger partial charge >= 0.3 is 0 Å². The Morgan fingerprint density at radius 3 is 2.70 bits per heavy atom. The summed E-state index contributed by atoms with van der Waals surface area (Å²) in [6, 6.07) is 3.11. The molecule has 0 saturated carbocycles. The first-order valence-corrected chi connectivity index (χ1v) is 6.95. The molecule has 0 unspecified atom stereocenters. The van der Waals surface area contributed by atoms with Crippen LogP contribution in [0.15, 0.2) is 27.6 Å². The fourth-order valence-corrected chi connectivity index (χ4v) is 2.58. The molecule has 0 aliphatic carbocycles. The summed E-state index contributed by atoms with van der Waals surface area (Å²) in [6.45, 7) is 1.46. The van der Waals surface area contributed by atoms with E-state index in [2.05, 4.69) is 9.88 Å². The maximum absolute atomic E-state index is 13.7. The number of hydrogen-bond acceptors (Lipinski definition) is 5.